The van der Waals surface area contributed by atoms with Crippen LogP contribution in [-0.4, -0.2) is 35.3 Å². The Labute approximate surface area is 202 Å². The number of rotatable bonds is 8. The van der Waals surface area contributed by atoms with Crippen molar-refractivity contribution in [1.29, 1.82) is 0 Å². The topological polar surface area (TPSA) is 127 Å². The van der Waals surface area contributed by atoms with Crippen LogP contribution in [0.25, 0.3) is 22.5 Å². The molecule has 1 fully saturated rings. The number of carbonyl (C=O) groups excluding carboxylic acids is 1. The highest BCUT2D eigenvalue weighted by Crippen LogP contribution is 2.36. The number of H-pyrrole nitrogens is 1. The van der Waals surface area contributed by atoms with Crippen molar-refractivity contribution < 1.29 is 19.0 Å². The number of hydrogen-bond donors (Lipinski definition) is 4. The molecule has 0 bridgehead atoms. The standard InChI is InChI=1S/C25H27N5O5/c1-2-33-21(31)14-34-18-9-5-6-15(12-18)16-10-11-19(20(13-16)35-17-7-3-4-8-17)23-26-24-22(25(32)27-23)28-30-29-24/h5-6,9-13,17,28,30H,2-4,7-8,14H2,1H3,(H2,26,27,29,32). The van der Waals surface area contributed by atoms with Crippen molar-refractivity contribution in [2.24, 2.45) is 0 Å². The highest BCUT2D eigenvalue weighted by Gasteiger charge is 2.22. The fourth-order valence-electron chi connectivity index (χ4n) is 4.25. The van der Waals surface area contributed by atoms with Crippen molar-refractivity contribution >= 4 is 17.5 Å². The highest BCUT2D eigenvalue weighted by molar-refractivity contribution is 5.76. The van der Waals surface area contributed by atoms with Gasteiger partial charge in [0.05, 0.1) is 18.3 Å². The molecular weight excluding hydrogens is 450 g/mol. The molecule has 3 aromatic rings. The molecular formula is C25H27N5O5. The van der Waals surface area contributed by atoms with E-state index in [0.717, 1.165) is 36.8 Å². The summed E-state index contributed by atoms with van der Waals surface area (Å²) < 4.78 is 16.9. The lowest BCUT2D eigenvalue weighted by molar-refractivity contribution is -0.145. The van der Waals surface area contributed by atoms with Gasteiger partial charge in [0.25, 0.3) is 5.56 Å². The monoisotopic (exact) mass is 477 g/mol. The molecule has 1 aromatic heterocycles. The summed E-state index contributed by atoms with van der Waals surface area (Å²) in [4.78, 5) is 31.6. The number of fused-ring (bicyclic) bond motifs is 1. The van der Waals surface area contributed by atoms with E-state index < -0.39 is 5.97 Å². The van der Waals surface area contributed by atoms with Crippen LogP contribution in [-0.2, 0) is 9.53 Å². The summed E-state index contributed by atoms with van der Waals surface area (Å²) in [6.45, 7) is 1.92. The van der Waals surface area contributed by atoms with Crippen molar-refractivity contribution in [3.05, 3.63) is 52.8 Å². The Balaban J connectivity index is 1.47. The normalized spacial score (nSPS) is 14.7. The van der Waals surface area contributed by atoms with Crippen molar-refractivity contribution in [2.75, 3.05) is 24.1 Å². The van der Waals surface area contributed by atoms with Crippen LogP contribution in [0.2, 0.25) is 0 Å². The summed E-state index contributed by atoms with van der Waals surface area (Å²) in [5.41, 5.74) is 10.8. The number of hydrazine groups is 2. The number of aromatic nitrogens is 2. The number of carbonyl (C=O) groups is 1. The van der Waals surface area contributed by atoms with Gasteiger partial charge in [0.15, 0.2) is 18.1 Å². The van der Waals surface area contributed by atoms with Crippen molar-refractivity contribution in [1.82, 2.24) is 15.5 Å². The number of esters is 1. The number of ether oxygens (including phenoxy) is 3. The first kappa shape index (κ1) is 22.7. The molecule has 0 saturated heterocycles. The van der Waals surface area contributed by atoms with E-state index in [1.165, 1.54) is 0 Å². The van der Waals surface area contributed by atoms with E-state index in [0.29, 0.717) is 41.0 Å². The molecule has 2 aromatic carbocycles. The average molecular weight is 478 g/mol. The van der Waals surface area contributed by atoms with Crippen LogP contribution >= 0.6 is 0 Å². The van der Waals surface area contributed by atoms with Crippen molar-refractivity contribution in [2.45, 2.75) is 38.7 Å². The number of benzene rings is 2. The Morgan fingerprint density at radius 3 is 2.74 bits per heavy atom. The van der Waals surface area contributed by atoms with Gasteiger partial charge in [0.1, 0.15) is 17.3 Å². The van der Waals surface area contributed by atoms with Crippen molar-refractivity contribution in [3.8, 4) is 34.0 Å². The molecule has 2 heterocycles. The zero-order valence-corrected chi connectivity index (χ0v) is 19.3. The highest BCUT2D eigenvalue weighted by atomic mass is 16.6. The zero-order chi connectivity index (χ0) is 24.2. The lowest BCUT2D eigenvalue weighted by Crippen LogP contribution is -2.21. The van der Waals surface area contributed by atoms with E-state index >= 15 is 0 Å². The first-order chi connectivity index (χ1) is 17.1. The van der Waals surface area contributed by atoms with Crippen LogP contribution in [0, 0.1) is 0 Å². The van der Waals surface area contributed by atoms with Gasteiger partial charge in [0, 0.05) is 0 Å². The predicted octanol–water partition coefficient (Wildman–Crippen LogP) is 3.62. The molecule has 0 spiro atoms. The van der Waals surface area contributed by atoms with Gasteiger partial charge in [-0.05, 0) is 68.0 Å². The number of aromatic amines is 1. The molecule has 2 aliphatic rings. The maximum absolute atomic E-state index is 12.5. The summed E-state index contributed by atoms with van der Waals surface area (Å²) in [6.07, 6.45) is 4.36. The van der Waals surface area contributed by atoms with E-state index in [9.17, 15) is 9.59 Å². The molecule has 0 atom stereocenters. The van der Waals surface area contributed by atoms with E-state index in [-0.39, 0.29) is 18.3 Å². The first-order valence-corrected chi connectivity index (χ1v) is 11.7. The van der Waals surface area contributed by atoms with Crippen LogP contribution in [0.1, 0.15) is 32.6 Å². The minimum absolute atomic E-state index is 0.117. The fourth-order valence-corrected chi connectivity index (χ4v) is 4.25. The van der Waals surface area contributed by atoms with Gasteiger partial charge < -0.3 is 19.2 Å². The fraction of sp³-hybridized carbons (Fsp3) is 0.320. The second kappa shape index (κ2) is 10.1. The maximum atomic E-state index is 12.5. The number of hydrogen-bond acceptors (Lipinski definition) is 9. The number of anilines is 2. The molecule has 10 nitrogen and oxygen atoms in total. The SMILES string of the molecule is CCOC(=O)COc1cccc(-c2ccc(-c3nc4c(c(=O)[nH]3)NNN4)c(OC3CCCC3)c2)c1. The quantitative estimate of drug-likeness (QED) is 0.360. The summed E-state index contributed by atoms with van der Waals surface area (Å²) in [5.74, 6) is 1.64. The van der Waals surface area contributed by atoms with Crippen LogP contribution in [0.3, 0.4) is 0 Å². The summed E-state index contributed by atoms with van der Waals surface area (Å²) in [6, 6.07) is 13.3. The Morgan fingerprint density at radius 2 is 1.91 bits per heavy atom. The van der Waals surface area contributed by atoms with E-state index in [1.54, 1.807) is 13.0 Å². The zero-order valence-electron chi connectivity index (χ0n) is 19.3. The molecule has 0 unspecified atom stereocenters. The molecule has 4 N–H and O–H groups in total. The van der Waals surface area contributed by atoms with Crippen molar-refractivity contribution in [3.63, 3.8) is 0 Å². The number of nitrogens with one attached hydrogen (secondary N) is 4. The number of nitrogens with zero attached hydrogens (tertiary/aromatic N) is 1. The summed E-state index contributed by atoms with van der Waals surface area (Å²) >= 11 is 0. The molecule has 1 saturated carbocycles. The van der Waals surface area contributed by atoms with E-state index in [2.05, 4.69) is 26.4 Å². The molecule has 182 valence electrons. The predicted molar refractivity (Wildman–Crippen MR) is 131 cm³/mol. The molecule has 10 heteroatoms. The van der Waals surface area contributed by atoms with E-state index in [1.807, 2.05) is 36.4 Å². The summed E-state index contributed by atoms with van der Waals surface area (Å²) in [7, 11) is 0. The average Bonchev–Trinajstić information content (AvgIpc) is 3.55. The van der Waals surface area contributed by atoms with Gasteiger partial charge >= 0.3 is 5.97 Å². The van der Waals surface area contributed by atoms with Crippen LogP contribution in [0.5, 0.6) is 11.5 Å². The third-order valence-electron chi connectivity index (χ3n) is 5.95. The molecule has 5 rings (SSSR count). The van der Waals surface area contributed by atoms with E-state index in [4.69, 9.17) is 14.2 Å². The minimum Gasteiger partial charge on any atom is -0.490 e. The third kappa shape index (κ3) is 5.07. The van der Waals surface area contributed by atoms with Gasteiger partial charge in [0.2, 0.25) is 0 Å². The first-order valence-electron chi connectivity index (χ1n) is 11.7. The third-order valence-corrected chi connectivity index (χ3v) is 5.95. The van der Waals surface area contributed by atoms with Gasteiger partial charge in [-0.2, -0.15) is 0 Å². The lowest BCUT2D eigenvalue weighted by atomic mass is 10.0. The van der Waals surface area contributed by atoms with Gasteiger partial charge in [-0.1, -0.05) is 18.2 Å². The minimum atomic E-state index is -0.412. The smallest absolute Gasteiger partial charge is 0.344 e. The van der Waals surface area contributed by atoms with Crippen LogP contribution in [0.4, 0.5) is 11.5 Å². The lowest BCUT2D eigenvalue weighted by Gasteiger charge is -2.18. The van der Waals surface area contributed by atoms with Gasteiger partial charge in [-0.3, -0.25) is 15.6 Å². The van der Waals surface area contributed by atoms with Gasteiger partial charge in [-0.15, -0.1) is 5.53 Å². The molecule has 35 heavy (non-hydrogen) atoms. The largest absolute Gasteiger partial charge is 0.490 e. The second-order valence-corrected chi connectivity index (χ2v) is 8.37. The second-order valence-electron chi connectivity index (χ2n) is 8.37. The van der Waals surface area contributed by atoms with Crippen LogP contribution in [0.15, 0.2) is 47.3 Å². The van der Waals surface area contributed by atoms with Gasteiger partial charge in [-0.25, -0.2) is 9.78 Å². The Bertz CT molecular complexity index is 1290. The van der Waals surface area contributed by atoms with Crippen LogP contribution < -0.4 is 31.4 Å². The molecule has 0 amide bonds. The Kier molecular flexibility index (Phi) is 6.53. The molecule has 1 aliphatic heterocycles. The molecule has 0 radical (unpaired) electrons. The Hall–Kier alpha value is -4.05. The Morgan fingerprint density at radius 1 is 1.09 bits per heavy atom. The summed E-state index contributed by atoms with van der Waals surface area (Å²) in [5, 5.41) is 0. The maximum Gasteiger partial charge on any atom is 0.344 e. The molecule has 1 aliphatic carbocycles.